The fourth-order valence-electron chi connectivity index (χ4n) is 1.83. The van der Waals surface area contributed by atoms with E-state index in [9.17, 15) is 9.90 Å². The number of carbonyl (C=O) groups is 1. The van der Waals surface area contributed by atoms with E-state index in [1.165, 1.54) is 11.3 Å². The van der Waals surface area contributed by atoms with Crippen molar-refractivity contribution in [2.24, 2.45) is 0 Å². The Hall–Kier alpha value is -1.34. The molecular formula is C12H20N4O2S. The van der Waals surface area contributed by atoms with Gasteiger partial charge < -0.3 is 21.5 Å². The van der Waals surface area contributed by atoms with Gasteiger partial charge in [0.25, 0.3) is 5.91 Å². The molecule has 5 N–H and O–H groups in total. The molecule has 1 aromatic rings. The van der Waals surface area contributed by atoms with Gasteiger partial charge in [-0.05, 0) is 33.6 Å². The third-order valence-corrected chi connectivity index (χ3v) is 3.78. The summed E-state index contributed by atoms with van der Waals surface area (Å²) >= 11 is 1.25. The zero-order valence-corrected chi connectivity index (χ0v) is 12.2. The first-order chi connectivity index (χ1) is 8.74. The average Bonchev–Trinajstić information content (AvgIpc) is 2.54. The van der Waals surface area contributed by atoms with Gasteiger partial charge in [-0.2, -0.15) is 0 Å². The third kappa shape index (κ3) is 3.57. The highest BCUT2D eigenvalue weighted by Gasteiger charge is 2.30. The van der Waals surface area contributed by atoms with Crippen LogP contribution in [-0.4, -0.2) is 33.7 Å². The van der Waals surface area contributed by atoms with E-state index in [0.29, 0.717) is 22.9 Å². The molecule has 7 heteroatoms. The number of thiazole rings is 1. The second-order valence-electron chi connectivity index (χ2n) is 5.90. The van der Waals surface area contributed by atoms with Gasteiger partial charge in [0.15, 0.2) is 5.13 Å². The van der Waals surface area contributed by atoms with Gasteiger partial charge in [-0.15, -0.1) is 0 Å². The Bertz CT molecular complexity index is 475. The van der Waals surface area contributed by atoms with Crippen LogP contribution in [0.5, 0.6) is 0 Å². The number of carbonyl (C=O) groups excluding carboxylic acids is 1. The molecule has 1 saturated carbocycles. The Morgan fingerprint density at radius 1 is 1.47 bits per heavy atom. The number of nitrogen functional groups attached to an aromatic ring is 1. The first kappa shape index (κ1) is 14.1. The zero-order valence-electron chi connectivity index (χ0n) is 11.4. The molecule has 0 spiro atoms. The first-order valence-electron chi connectivity index (χ1n) is 6.28. The first-order valence-corrected chi connectivity index (χ1v) is 7.09. The number of aliphatic hydroxyl groups excluding tert-OH is 1. The van der Waals surface area contributed by atoms with Crippen molar-refractivity contribution in [1.82, 2.24) is 10.3 Å². The molecule has 0 aliphatic heterocycles. The highest BCUT2D eigenvalue weighted by Crippen LogP contribution is 2.28. The topological polar surface area (TPSA) is 100 Å². The predicted octanol–water partition coefficient (Wildman–Crippen LogP) is 1.19. The lowest BCUT2D eigenvalue weighted by Crippen LogP contribution is -2.46. The normalized spacial score (nSPS) is 22.7. The largest absolute Gasteiger partial charge is 0.393 e. The fourth-order valence-corrected chi connectivity index (χ4v) is 2.82. The minimum absolute atomic E-state index is 0.0445. The molecule has 19 heavy (non-hydrogen) atoms. The average molecular weight is 284 g/mol. The Morgan fingerprint density at radius 3 is 2.63 bits per heavy atom. The van der Waals surface area contributed by atoms with E-state index in [4.69, 9.17) is 5.73 Å². The standard InChI is InChI=1S/C12H20N4O2S/c1-12(2,3)16-11-15-9(13)8(19-11)10(18)14-6-4-7(17)5-6/h6-7,17H,4-5,13H2,1-3H3,(H,14,18)(H,15,16). The summed E-state index contributed by atoms with van der Waals surface area (Å²) in [6, 6.07) is 0.0445. The van der Waals surface area contributed by atoms with Crippen LogP contribution in [0, 0.1) is 0 Å². The van der Waals surface area contributed by atoms with Crippen LogP contribution in [0.3, 0.4) is 0 Å². The summed E-state index contributed by atoms with van der Waals surface area (Å²) in [5.74, 6) is 0.0305. The lowest BCUT2D eigenvalue weighted by Gasteiger charge is -2.31. The number of hydrogen-bond donors (Lipinski definition) is 4. The van der Waals surface area contributed by atoms with Crippen molar-refractivity contribution in [2.45, 2.75) is 51.3 Å². The summed E-state index contributed by atoms with van der Waals surface area (Å²) in [5, 5.41) is 15.9. The number of hydrogen-bond acceptors (Lipinski definition) is 6. The van der Waals surface area contributed by atoms with Gasteiger partial charge in [0.2, 0.25) is 0 Å². The van der Waals surface area contributed by atoms with Gasteiger partial charge >= 0.3 is 0 Å². The van der Waals surface area contributed by atoms with E-state index in [0.717, 1.165) is 0 Å². The lowest BCUT2D eigenvalue weighted by atomic mass is 9.89. The molecule has 0 bridgehead atoms. The molecule has 1 heterocycles. The Balaban J connectivity index is 2.01. The Kier molecular flexibility index (Phi) is 3.69. The van der Waals surface area contributed by atoms with E-state index in [2.05, 4.69) is 15.6 Å². The highest BCUT2D eigenvalue weighted by molar-refractivity contribution is 7.18. The molecule has 1 aliphatic rings. The van der Waals surface area contributed by atoms with Gasteiger partial charge in [0, 0.05) is 11.6 Å². The number of nitrogens with one attached hydrogen (secondary N) is 2. The number of anilines is 2. The van der Waals surface area contributed by atoms with Gasteiger partial charge in [0.05, 0.1) is 6.10 Å². The van der Waals surface area contributed by atoms with Crippen molar-refractivity contribution in [3.63, 3.8) is 0 Å². The van der Waals surface area contributed by atoms with Gasteiger partial charge in [-0.1, -0.05) is 11.3 Å². The van der Waals surface area contributed by atoms with Crippen LogP contribution < -0.4 is 16.4 Å². The number of amides is 1. The second kappa shape index (κ2) is 4.97. The van der Waals surface area contributed by atoms with Crippen LogP contribution in [0.15, 0.2) is 0 Å². The molecular weight excluding hydrogens is 264 g/mol. The van der Waals surface area contributed by atoms with E-state index in [1.807, 2.05) is 20.8 Å². The molecule has 0 atom stereocenters. The van der Waals surface area contributed by atoms with Crippen molar-refractivity contribution >= 4 is 28.2 Å². The monoisotopic (exact) mass is 284 g/mol. The summed E-state index contributed by atoms with van der Waals surface area (Å²) in [7, 11) is 0. The summed E-state index contributed by atoms with van der Waals surface area (Å²) in [4.78, 5) is 16.6. The molecule has 1 aromatic heterocycles. The van der Waals surface area contributed by atoms with Crippen LogP contribution in [0.1, 0.15) is 43.3 Å². The zero-order chi connectivity index (χ0) is 14.2. The Morgan fingerprint density at radius 2 is 2.11 bits per heavy atom. The van der Waals surface area contributed by atoms with Crippen molar-refractivity contribution in [3.05, 3.63) is 4.88 Å². The molecule has 1 fully saturated rings. The quantitative estimate of drug-likeness (QED) is 0.668. The number of rotatable bonds is 3. The molecule has 0 aromatic carbocycles. The molecule has 0 radical (unpaired) electrons. The van der Waals surface area contributed by atoms with E-state index >= 15 is 0 Å². The number of aliphatic hydroxyl groups is 1. The Labute approximate surface area is 116 Å². The van der Waals surface area contributed by atoms with Crippen LogP contribution in [0.4, 0.5) is 10.9 Å². The summed E-state index contributed by atoms with van der Waals surface area (Å²) < 4.78 is 0. The lowest BCUT2D eigenvalue weighted by molar-refractivity contribution is 0.0565. The fraction of sp³-hybridized carbons (Fsp3) is 0.667. The molecule has 6 nitrogen and oxygen atoms in total. The van der Waals surface area contributed by atoms with Crippen LogP contribution in [0.2, 0.25) is 0 Å². The summed E-state index contributed by atoms with van der Waals surface area (Å²) in [5.41, 5.74) is 5.64. The number of aromatic nitrogens is 1. The summed E-state index contributed by atoms with van der Waals surface area (Å²) in [6.07, 6.45) is 0.928. The molecule has 0 unspecified atom stereocenters. The molecule has 2 rings (SSSR count). The van der Waals surface area contributed by atoms with Crippen molar-refractivity contribution < 1.29 is 9.90 Å². The molecule has 106 valence electrons. The SMILES string of the molecule is CC(C)(C)Nc1nc(N)c(C(=O)NC2CC(O)C2)s1. The number of nitrogens with zero attached hydrogens (tertiary/aromatic N) is 1. The minimum Gasteiger partial charge on any atom is -0.393 e. The van der Waals surface area contributed by atoms with Gasteiger partial charge in [-0.3, -0.25) is 4.79 Å². The molecule has 1 amide bonds. The van der Waals surface area contributed by atoms with Gasteiger partial charge in [0.1, 0.15) is 10.7 Å². The van der Waals surface area contributed by atoms with E-state index < -0.39 is 0 Å². The molecule has 0 saturated heterocycles. The van der Waals surface area contributed by atoms with Crippen molar-refractivity contribution in [3.8, 4) is 0 Å². The number of nitrogens with two attached hydrogens (primary N) is 1. The maximum atomic E-state index is 12.0. The van der Waals surface area contributed by atoms with Crippen molar-refractivity contribution in [2.75, 3.05) is 11.1 Å². The smallest absolute Gasteiger partial charge is 0.265 e. The third-order valence-electron chi connectivity index (χ3n) is 2.79. The van der Waals surface area contributed by atoms with Gasteiger partial charge in [-0.25, -0.2) is 4.98 Å². The second-order valence-corrected chi connectivity index (χ2v) is 6.90. The maximum Gasteiger partial charge on any atom is 0.265 e. The summed E-state index contributed by atoms with van der Waals surface area (Å²) in [6.45, 7) is 6.04. The molecule has 1 aliphatic carbocycles. The van der Waals surface area contributed by atoms with Crippen LogP contribution >= 0.6 is 11.3 Å². The van der Waals surface area contributed by atoms with E-state index in [1.54, 1.807) is 0 Å². The van der Waals surface area contributed by atoms with Crippen molar-refractivity contribution in [1.29, 1.82) is 0 Å². The van der Waals surface area contributed by atoms with Crippen LogP contribution in [-0.2, 0) is 0 Å². The minimum atomic E-state index is -0.290. The maximum absolute atomic E-state index is 12.0. The van der Waals surface area contributed by atoms with E-state index in [-0.39, 0.29) is 29.4 Å². The highest BCUT2D eigenvalue weighted by atomic mass is 32.1. The predicted molar refractivity (Wildman–Crippen MR) is 76.4 cm³/mol. The van der Waals surface area contributed by atoms with Crippen LogP contribution in [0.25, 0.3) is 0 Å².